The minimum absolute atomic E-state index is 0.0643. The van der Waals surface area contributed by atoms with Gasteiger partial charge in [-0.1, -0.05) is 17.7 Å². The topological polar surface area (TPSA) is 91.1 Å². The number of piperazine rings is 1. The Kier molecular flexibility index (Phi) is 5.97. The van der Waals surface area contributed by atoms with E-state index in [1.807, 2.05) is 12.1 Å². The Labute approximate surface area is 222 Å². The molecule has 3 N–H and O–H groups in total. The molecule has 1 aliphatic heterocycles. The highest BCUT2D eigenvalue weighted by Gasteiger charge is 2.22. The van der Waals surface area contributed by atoms with Gasteiger partial charge in [0.25, 0.3) is 0 Å². The van der Waals surface area contributed by atoms with Gasteiger partial charge in [0.15, 0.2) is 0 Å². The van der Waals surface area contributed by atoms with Crippen molar-refractivity contribution in [2.75, 3.05) is 24.5 Å². The molecule has 3 aromatic carbocycles. The molecule has 8 nitrogen and oxygen atoms in total. The predicted octanol–water partition coefficient (Wildman–Crippen LogP) is 4.68. The molecule has 1 atom stereocenters. The Morgan fingerprint density at radius 3 is 2.58 bits per heavy atom. The molecule has 0 aliphatic carbocycles. The second-order valence-corrected chi connectivity index (χ2v) is 10.1. The van der Waals surface area contributed by atoms with Crippen molar-refractivity contribution in [1.29, 1.82) is 0 Å². The van der Waals surface area contributed by atoms with Gasteiger partial charge in [-0.3, -0.25) is 9.67 Å². The van der Waals surface area contributed by atoms with E-state index >= 15 is 4.39 Å². The first-order valence-corrected chi connectivity index (χ1v) is 12.7. The number of aryl methyl sites for hydroxylation is 1. The first-order chi connectivity index (χ1) is 18.3. The molecule has 0 bridgehead atoms. The van der Waals surface area contributed by atoms with Gasteiger partial charge in [0, 0.05) is 67.3 Å². The molecule has 1 saturated heterocycles. The van der Waals surface area contributed by atoms with Crippen LogP contribution in [0.5, 0.6) is 5.75 Å². The van der Waals surface area contributed by atoms with Gasteiger partial charge in [-0.2, -0.15) is 5.10 Å². The lowest BCUT2D eigenvalue weighted by atomic mass is 9.95. The zero-order valence-corrected chi connectivity index (χ0v) is 21.6. The molecule has 1 unspecified atom stereocenters. The lowest BCUT2D eigenvalue weighted by Crippen LogP contribution is -2.49. The average molecular weight is 533 g/mol. The van der Waals surface area contributed by atoms with Crippen LogP contribution in [0.3, 0.4) is 0 Å². The van der Waals surface area contributed by atoms with Crippen LogP contribution in [0.25, 0.3) is 38.8 Å². The van der Waals surface area contributed by atoms with E-state index in [0.717, 1.165) is 36.2 Å². The number of nitrogens with one attached hydrogen (secondary N) is 2. The number of hydrogen-bond acceptors (Lipinski definition) is 5. The Morgan fingerprint density at radius 2 is 1.87 bits per heavy atom. The molecular formula is C28H26ClFN6O2. The summed E-state index contributed by atoms with van der Waals surface area (Å²) in [6.07, 6.45) is 5.06. The van der Waals surface area contributed by atoms with Crippen LogP contribution in [0.1, 0.15) is 6.92 Å². The van der Waals surface area contributed by atoms with Crippen LogP contribution < -0.4 is 15.9 Å². The van der Waals surface area contributed by atoms with Crippen LogP contribution in [0, 0.1) is 5.82 Å². The normalized spacial score (nSPS) is 15.9. The number of anilines is 1. The molecule has 10 heteroatoms. The van der Waals surface area contributed by atoms with E-state index in [0.29, 0.717) is 39.0 Å². The van der Waals surface area contributed by atoms with Crippen LogP contribution in [-0.2, 0) is 7.05 Å². The van der Waals surface area contributed by atoms with Gasteiger partial charge in [0.1, 0.15) is 11.6 Å². The second kappa shape index (κ2) is 9.34. The van der Waals surface area contributed by atoms with E-state index in [1.54, 1.807) is 43.8 Å². The lowest BCUT2D eigenvalue weighted by molar-refractivity contribution is 0.477. The maximum Gasteiger partial charge on any atom is 0.332 e. The molecule has 0 radical (unpaired) electrons. The number of halogens is 2. The predicted molar refractivity (Wildman–Crippen MR) is 148 cm³/mol. The number of H-pyrrole nitrogens is 1. The molecule has 2 aromatic heterocycles. The van der Waals surface area contributed by atoms with Gasteiger partial charge in [-0.25, -0.2) is 9.18 Å². The summed E-state index contributed by atoms with van der Waals surface area (Å²) < 4.78 is 17.9. The molecule has 0 amide bonds. The number of fused-ring (bicyclic) bond motifs is 1. The first-order valence-electron chi connectivity index (χ1n) is 12.3. The summed E-state index contributed by atoms with van der Waals surface area (Å²) >= 11 is 6.55. The van der Waals surface area contributed by atoms with E-state index in [2.05, 4.69) is 27.3 Å². The zero-order chi connectivity index (χ0) is 26.6. The fourth-order valence-electron chi connectivity index (χ4n) is 5.16. The van der Waals surface area contributed by atoms with Gasteiger partial charge in [0.2, 0.25) is 0 Å². The Bertz CT molecular complexity index is 1740. The van der Waals surface area contributed by atoms with Crippen LogP contribution in [0.2, 0.25) is 5.02 Å². The largest absolute Gasteiger partial charge is 0.507 e. The van der Waals surface area contributed by atoms with Gasteiger partial charge >= 0.3 is 5.69 Å². The van der Waals surface area contributed by atoms with Crippen molar-refractivity contribution in [2.45, 2.75) is 13.0 Å². The lowest BCUT2D eigenvalue weighted by Gasteiger charge is -2.34. The molecule has 0 spiro atoms. The molecular weight excluding hydrogens is 507 g/mol. The van der Waals surface area contributed by atoms with E-state index in [1.165, 1.54) is 21.3 Å². The minimum atomic E-state index is -0.491. The van der Waals surface area contributed by atoms with E-state index < -0.39 is 5.82 Å². The number of hydrogen-bond donors (Lipinski definition) is 3. The van der Waals surface area contributed by atoms with Crippen molar-refractivity contribution in [3.8, 4) is 33.7 Å². The van der Waals surface area contributed by atoms with Crippen LogP contribution in [0.15, 0.2) is 65.8 Å². The summed E-state index contributed by atoms with van der Waals surface area (Å²) in [4.78, 5) is 14.7. The first kappa shape index (κ1) is 24.3. The Morgan fingerprint density at radius 1 is 1.08 bits per heavy atom. The van der Waals surface area contributed by atoms with E-state index in [9.17, 15) is 9.90 Å². The highest BCUT2D eigenvalue weighted by atomic mass is 35.5. The Balaban J connectivity index is 1.46. The molecule has 5 aromatic rings. The third-order valence-electron chi connectivity index (χ3n) is 7.10. The summed E-state index contributed by atoms with van der Waals surface area (Å²) in [5.41, 5.74) is 3.90. The van der Waals surface area contributed by atoms with Crippen LogP contribution >= 0.6 is 11.6 Å². The van der Waals surface area contributed by atoms with E-state index in [-0.39, 0.29) is 11.4 Å². The van der Waals surface area contributed by atoms with Crippen molar-refractivity contribution >= 4 is 28.2 Å². The number of aromatic nitrogens is 4. The maximum absolute atomic E-state index is 15.0. The zero-order valence-electron chi connectivity index (χ0n) is 20.9. The molecule has 1 aliphatic rings. The van der Waals surface area contributed by atoms with E-state index in [4.69, 9.17) is 11.6 Å². The number of phenols is 1. The fourth-order valence-corrected chi connectivity index (χ4v) is 5.43. The third-order valence-corrected chi connectivity index (χ3v) is 7.40. The SMILES string of the molecule is CC1CN(c2cc(-c3cc(F)cc(-c4ccc(-n5ccn(C)c5=O)c(Cl)c4)c3O)cc3[nH]ncc23)CCN1. The molecule has 1 fully saturated rings. The molecule has 0 saturated carbocycles. The summed E-state index contributed by atoms with van der Waals surface area (Å²) in [6.45, 7) is 4.63. The highest BCUT2D eigenvalue weighted by Crippen LogP contribution is 2.42. The summed E-state index contributed by atoms with van der Waals surface area (Å²) in [5, 5.41) is 23.4. The average Bonchev–Trinajstić information content (AvgIpc) is 3.51. The van der Waals surface area contributed by atoms with Crippen LogP contribution in [0.4, 0.5) is 10.1 Å². The Hall–Kier alpha value is -4.08. The molecule has 6 rings (SSSR count). The number of phenolic OH excluding ortho intramolecular Hbond substituents is 1. The standard InChI is InChI=1S/C28H26ClFN6O2/c1-16-15-35(6-5-31-16)26-11-18(10-24-22(26)14-32-33-24)21-13-19(30)12-20(27(21)37)17-3-4-25(23(29)9-17)36-8-7-34(2)28(36)38/h3-4,7-14,16,31,37H,5-6,15H2,1-2H3,(H,32,33). The van der Waals surface area contributed by atoms with Crippen LogP contribution in [-0.4, -0.2) is 50.1 Å². The summed E-state index contributed by atoms with van der Waals surface area (Å²) in [6, 6.07) is 11.8. The molecule has 38 heavy (non-hydrogen) atoms. The number of rotatable bonds is 4. The number of nitrogens with zero attached hydrogens (tertiary/aromatic N) is 4. The maximum atomic E-state index is 15.0. The number of aromatic hydroxyl groups is 1. The van der Waals surface area contributed by atoms with Crippen molar-refractivity contribution in [3.05, 3.63) is 82.4 Å². The summed E-state index contributed by atoms with van der Waals surface area (Å²) in [7, 11) is 1.65. The van der Waals surface area contributed by atoms with Gasteiger partial charge in [0.05, 0.1) is 22.4 Å². The summed E-state index contributed by atoms with van der Waals surface area (Å²) in [5.74, 6) is -0.556. The number of aromatic amines is 1. The third kappa shape index (κ3) is 4.13. The van der Waals surface area contributed by atoms with Crippen molar-refractivity contribution in [2.24, 2.45) is 7.05 Å². The van der Waals surface area contributed by atoms with Gasteiger partial charge < -0.3 is 19.9 Å². The van der Waals surface area contributed by atoms with Crippen molar-refractivity contribution < 1.29 is 9.50 Å². The smallest absolute Gasteiger partial charge is 0.332 e. The quantitative estimate of drug-likeness (QED) is 0.312. The highest BCUT2D eigenvalue weighted by molar-refractivity contribution is 6.32. The minimum Gasteiger partial charge on any atom is -0.507 e. The molecule has 194 valence electrons. The second-order valence-electron chi connectivity index (χ2n) is 9.71. The van der Waals surface area contributed by atoms with Gasteiger partial charge in [-0.15, -0.1) is 0 Å². The van der Waals surface area contributed by atoms with Gasteiger partial charge in [-0.05, 0) is 54.4 Å². The molecule has 3 heterocycles. The monoisotopic (exact) mass is 532 g/mol. The van der Waals surface area contributed by atoms with Crippen molar-refractivity contribution in [3.63, 3.8) is 0 Å². The van der Waals surface area contributed by atoms with Crippen molar-refractivity contribution in [1.82, 2.24) is 24.6 Å². The fraction of sp³-hybridized carbons (Fsp3) is 0.214. The number of imidazole rings is 1. The number of benzene rings is 3.